The van der Waals surface area contributed by atoms with Gasteiger partial charge in [-0.1, -0.05) is 12.1 Å². The molecule has 3 rings (SSSR count). The highest BCUT2D eigenvalue weighted by Crippen LogP contribution is 2.21. The Hall–Kier alpha value is -5.38. The Kier molecular flexibility index (Phi) is 16.3. The maximum absolute atomic E-state index is 13.6. The molecule has 21 nitrogen and oxygen atoms in total. The maximum Gasteiger partial charge on any atom is 0.248 e. The molecule has 0 aliphatic carbocycles. The smallest absolute Gasteiger partial charge is 0.248 e. The Labute approximate surface area is 316 Å². The summed E-state index contributed by atoms with van der Waals surface area (Å²) in [6, 6.07) is -3.90. The van der Waals surface area contributed by atoms with Crippen molar-refractivity contribution in [3.63, 3.8) is 0 Å². The molecule has 55 heavy (non-hydrogen) atoms. The van der Waals surface area contributed by atoms with E-state index in [1.54, 1.807) is 0 Å². The fourth-order valence-electron chi connectivity index (χ4n) is 6.36. The number of likely N-dealkylation sites (tertiary alicyclic amines) is 2. The Morgan fingerprint density at radius 1 is 0.709 bits per heavy atom. The summed E-state index contributed by atoms with van der Waals surface area (Å²) in [5.41, 5.74) is 5.73. The molecule has 0 aromatic heterocycles. The van der Waals surface area contributed by atoms with Gasteiger partial charge in [-0.25, -0.2) is 0 Å². The van der Waals surface area contributed by atoms with E-state index < -0.39 is 115 Å². The van der Waals surface area contributed by atoms with Gasteiger partial charge in [-0.05, 0) is 50.3 Å². The number of amides is 8. The number of aromatic hydroxyl groups is 1. The first-order valence-corrected chi connectivity index (χ1v) is 17.7. The van der Waals surface area contributed by atoms with Crippen molar-refractivity contribution in [2.45, 2.75) is 94.3 Å². The first-order valence-electron chi connectivity index (χ1n) is 17.7. The van der Waals surface area contributed by atoms with Crippen LogP contribution < -0.4 is 32.3 Å². The van der Waals surface area contributed by atoms with Gasteiger partial charge >= 0.3 is 0 Å². The zero-order chi connectivity index (χ0) is 41.0. The lowest BCUT2D eigenvalue weighted by Gasteiger charge is -2.31. The molecule has 2 saturated heterocycles. The fourth-order valence-corrected chi connectivity index (χ4v) is 6.36. The molecule has 0 unspecified atom stereocenters. The van der Waals surface area contributed by atoms with Gasteiger partial charge in [-0.2, -0.15) is 0 Å². The highest BCUT2D eigenvalue weighted by atomic mass is 16.3. The highest BCUT2D eigenvalue weighted by molar-refractivity contribution is 5.98. The molecule has 12 N–H and O–H groups in total. The molecule has 0 radical (unpaired) electrons. The van der Waals surface area contributed by atoms with Crippen LogP contribution in [-0.4, -0.2) is 164 Å². The lowest BCUT2D eigenvalue weighted by Crippen LogP contribution is -2.62. The number of phenols is 1. The van der Waals surface area contributed by atoms with Gasteiger partial charge in [0.05, 0.1) is 25.9 Å². The van der Waals surface area contributed by atoms with E-state index >= 15 is 0 Å². The second kappa shape index (κ2) is 20.3. The number of carbonyl (C=O) groups is 8. The van der Waals surface area contributed by atoms with Crippen molar-refractivity contribution in [2.24, 2.45) is 5.73 Å². The third kappa shape index (κ3) is 11.8. The number of aliphatic hydroxyl groups excluding tert-OH is 4. The summed E-state index contributed by atoms with van der Waals surface area (Å²) in [7, 11) is 0. The predicted octanol–water partition coefficient (Wildman–Crippen LogP) is -5.80. The standard InChI is InChI=1S/C34H50N8O13/c1-17(46)27(32(53)39-24(16-45)34(55)41-11-3-5-25(41)30(51)37-22(14-43)28(35)49)40-31(52)26-6-4-12-42(26)33(54)23(15-44)38-29(50)21(36-18(2)47)13-19-7-9-20(48)10-8-19/h7-10,17,21-27,43-46,48H,3-6,11-16H2,1-2H3,(H2,35,49)(H,36,47)(H,37,51)(H,38,50)(H,39,53)(H,40,52)/t17-,21+,22+,23+,24+,25+,26+,27+/m1/s1. The van der Waals surface area contributed by atoms with Crippen molar-refractivity contribution in [1.82, 2.24) is 36.4 Å². The number of hydrogen-bond donors (Lipinski definition) is 11. The summed E-state index contributed by atoms with van der Waals surface area (Å²) in [6.07, 6.45) is -0.622. The minimum Gasteiger partial charge on any atom is -0.508 e. The van der Waals surface area contributed by atoms with Crippen molar-refractivity contribution in [2.75, 3.05) is 32.9 Å². The molecule has 2 heterocycles. The average molecular weight is 779 g/mol. The van der Waals surface area contributed by atoms with Crippen LogP contribution in [0.5, 0.6) is 5.75 Å². The van der Waals surface area contributed by atoms with Gasteiger partial charge < -0.3 is 67.7 Å². The molecule has 8 atom stereocenters. The van der Waals surface area contributed by atoms with E-state index in [0.29, 0.717) is 18.4 Å². The minimum absolute atomic E-state index is 0.0126. The molecular formula is C34H50N8O13. The summed E-state index contributed by atoms with van der Waals surface area (Å²) in [5.74, 6) is -6.84. The van der Waals surface area contributed by atoms with Crippen molar-refractivity contribution in [3.8, 4) is 5.75 Å². The molecule has 0 spiro atoms. The van der Waals surface area contributed by atoms with E-state index in [1.165, 1.54) is 38.1 Å². The first-order chi connectivity index (χ1) is 26.0. The number of carbonyl (C=O) groups excluding carboxylic acids is 8. The van der Waals surface area contributed by atoms with Gasteiger partial charge in [0, 0.05) is 26.4 Å². The SMILES string of the molecule is CC(=O)N[C@@H](Cc1ccc(O)cc1)C(=O)N[C@@H](CO)C(=O)N1CCC[C@H]1C(=O)N[C@H](C(=O)N[C@@H](CO)C(=O)N1CCC[C@H]1C(=O)N[C@@H](CO)C(N)=O)[C@@H](C)O. The number of nitrogens with two attached hydrogens (primary N) is 1. The van der Waals surface area contributed by atoms with E-state index in [-0.39, 0.29) is 38.1 Å². The molecule has 2 aliphatic heterocycles. The number of nitrogens with zero attached hydrogens (tertiary/aromatic N) is 2. The number of primary amides is 1. The fraction of sp³-hybridized carbons (Fsp3) is 0.588. The van der Waals surface area contributed by atoms with Crippen LogP contribution in [0.3, 0.4) is 0 Å². The monoisotopic (exact) mass is 778 g/mol. The normalized spacial score (nSPS) is 19.9. The zero-order valence-corrected chi connectivity index (χ0v) is 30.5. The molecule has 21 heteroatoms. The van der Waals surface area contributed by atoms with Crippen molar-refractivity contribution in [1.29, 1.82) is 0 Å². The van der Waals surface area contributed by atoms with Crippen LogP contribution in [0, 0.1) is 0 Å². The van der Waals surface area contributed by atoms with Gasteiger partial charge in [0.25, 0.3) is 0 Å². The Morgan fingerprint density at radius 3 is 1.62 bits per heavy atom. The topological polar surface area (TPSA) is 330 Å². The number of hydrogen-bond acceptors (Lipinski definition) is 13. The van der Waals surface area contributed by atoms with Gasteiger partial charge in [-0.3, -0.25) is 38.4 Å². The Bertz CT molecular complexity index is 1580. The van der Waals surface area contributed by atoms with Crippen LogP contribution in [0.4, 0.5) is 0 Å². The molecule has 2 fully saturated rings. The number of phenolic OH excluding ortho intramolecular Hbond substituents is 1. The van der Waals surface area contributed by atoms with Crippen molar-refractivity contribution < 1.29 is 63.9 Å². The molecule has 2 aliphatic rings. The second-order valence-corrected chi connectivity index (χ2v) is 13.4. The van der Waals surface area contributed by atoms with Crippen LogP contribution in [-0.2, 0) is 44.8 Å². The largest absolute Gasteiger partial charge is 0.508 e. The van der Waals surface area contributed by atoms with E-state index in [9.17, 15) is 63.9 Å². The molecule has 1 aromatic carbocycles. The molecule has 304 valence electrons. The quantitative estimate of drug-likeness (QED) is 0.0663. The molecule has 0 saturated carbocycles. The van der Waals surface area contributed by atoms with Gasteiger partial charge in [0.2, 0.25) is 47.3 Å². The third-order valence-corrected chi connectivity index (χ3v) is 9.25. The van der Waals surface area contributed by atoms with Crippen molar-refractivity contribution >= 4 is 47.3 Å². The minimum atomic E-state index is -1.70. The predicted molar refractivity (Wildman–Crippen MR) is 189 cm³/mol. The number of benzene rings is 1. The van der Waals surface area contributed by atoms with Crippen LogP contribution in [0.1, 0.15) is 45.1 Å². The highest BCUT2D eigenvalue weighted by Gasteiger charge is 2.42. The lowest BCUT2D eigenvalue weighted by atomic mass is 10.0. The molecular weight excluding hydrogens is 728 g/mol. The van der Waals surface area contributed by atoms with E-state index in [0.717, 1.165) is 9.80 Å². The lowest BCUT2D eigenvalue weighted by molar-refractivity contribution is -0.145. The Balaban J connectivity index is 1.68. The van der Waals surface area contributed by atoms with Gasteiger partial charge in [0.15, 0.2) is 0 Å². The summed E-state index contributed by atoms with van der Waals surface area (Å²) in [5, 5.41) is 61.2. The average Bonchev–Trinajstić information content (AvgIpc) is 3.84. The van der Waals surface area contributed by atoms with Crippen LogP contribution in [0.2, 0.25) is 0 Å². The zero-order valence-electron chi connectivity index (χ0n) is 30.5. The summed E-state index contributed by atoms with van der Waals surface area (Å²) in [4.78, 5) is 105. The molecule has 8 amide bonds. The van der Waals surface area contributed by atoms with Gasteiger partial charge in [0.1, 0.15) is 48.0 Å². The van der Waals surface area contributed by atoms with Gasteiger partial charge in [-0.15, -0.1) is 0 Å². The van der Waals surface area contributed by atoms with Crippen molar-refractivity contribution in [3.05, 3.63) is 29.8 Å². The molecule has 0 bridgehead atoms. The first kappa shape index (κ1) is 44.0. The Morgan fingerprint density at radius 2 is 1.18 bits per heavy atom. The molecule has 1 aromatic rings. The summed E-state index contributed by atoms with van der Waals surface area (Å²) < 4.78 is 0. The number of nitrogens with one attached hydrogen (secondary N) is 5. The maximum atomic E-state index is 13.6. The van der Waals surface area contributed by atoms with E-state index in [2.05, 4.69) is 26.6 Å². The van der Waals surface area contributed by atoms with Crippen LogP contribution in [0.15, 0.2) is 24.3 Å². The second-order valence-electron chi connectivity index (χ2n) is 13.4. The summed E-state index contributed by atoms with van der Waals surface area (Å²) in [6.45, 7) is -0.143. The number of aliphatic hydroxyl groups is 4. The van der Waals surface area contributed by atoms with E-state index in [1.807, 2.05) is 0 Å². The van der Waals surface area contributed by atoms with E-state index in [4.69, 9.17) is 5.73 Å². The van der Waals surface area contributed by atoms with Crippen LogP contribution >= 0.6 is 0 Å². The third-order valence-electron chi connectivity index (χ3n) is 9.25. The van der Waals surface area contributed by atoms with Crippen LogP contribution in [0.25, 0.3) is 0 Å². The summed E-state index contributed by atoms with van der Waals surface area (Å²) >= 11 is 0. The number of rotatable bonds is 18.